The van der Waals surface area contributed by atoms with Crippen LogP contribution < -0.4 is 5.32 Å². The fourth-order valence-corrected chi connectivity index (χ4v) is 1.84. The van der Waals surface area contributed by atoms with Crippen LogP contribution >= 0.6 is 11.6 Å². The van der Waals surface area contributed by atoms with Gasteiger partial charge in [0.2, 0.25) is 0 Å². The van der Waals surface area contributed by atoms with Gasteiger partial charge in [0.05, 0.1) is 6.61 Å². The highest BCUT2D eigenvalue weighted by molar-refractivity contribution is 6.30. The van der Waals surface area contributed by atoms with Gasteiger partial charge in [-0.2, -0.15) is 0 Å². The van der Waals surface area contributed by atoms with Crippen molar-refractivity contribution >= 4 is 29.3 Å². The predicted octanol–water partition coefficient (Wildman–Crippen LogP) is 3.60. The molecule has 4 heteroatoms. The van der Waals surface area contributed by atoms with Gasteiger partial charge in [0.15, 0.2) is 0 Å². The standard InChI is InChI=1S/C16H14ClNO2/c17-14-8-6-13(7-9-14)16(20)18-15-5-1-3-12(11-15)4-2-10-19/h1-9,11,19H,10H2,(H,18,20)/b4-2+. The Kier molecular flexibility index (Phi) is 4.93. The van der Waals surface area contributed by atoms with Crippen LogP contribution in [0, 0.1) is 0 Å². The molecular weight excluding hydrogens is 274 g/mol. The van der Waals surface area contributed by atoms with Crippen molar-refractivity contribution < 1.29 is 9.90 Å². The summed E-state index contributed by atoms with van der Waals surface area (Å²) in [5.74, 6) is -0.190. The monoisotopic (exact) mass is 287 g/mol. The Morgan fingerprint density at radius 1 is 1.20 bits per heavy atom. The highest BCUT2D eigenvalue weighted by Crippen LogP contribution is 2.15. The van der Waals surface area contributed by atoms with Crippen molar-refractivity contribution in [3.8, 4) is 0 Å². The van der Waals surface area contributed by atoms with E-state index in [1.807, 2.05) is 24.3 Å². The number of amides is 1. The van der Waals surface area contributed by atoms with Gasteiger partial charge in [0, 0.05) is 16.3 Å². The summed E-state index contributed by atoms with van der Waals surface area (Å²) in [6.45, 7) is -0.0125. The Bertz CT molecular complexity index is 621. The topological polar surface area (TPSA) is 49.3 Å². The summed E-state index contributed by atoms with van der Waals surface area (Å²) in [4.78, 5) is 12.0. The minimum Gasteiger partial charge on any atom is -0.392 e. The van der Waals surface area contributed by atoms with E-state index in [0.717, 1.165) is 5.56 Å². The molecule has 2 aromatic rings. The molecule has 3 nitrogen and oxygen atoms in total. The number of aliphatic hydroxyl groups excluding tert-OH is 1. The van der Waals surface area contributed by atoms with Crippen LogP contribution in [-0.2, 0) is 0 Å². The molecule has 0 atom stereocenters. The number of halogens is 1. The van der Waals surface area contributed by atoms with Crippen LogP contribution in [0.5, 0.6) is 0 Å². The second-order valence-corrected chi connectivity index (χ2v) is 4.61. The molecule has 0 aromatic heterocycles. The number of carbonyl (C=O) groups excluding carboxylic acids is 1. The molecule has 0 bridgehead atoms. The number of carbonyl (C=O) groups is 1. The third kappa shape index (κ3) is 3.95. The first-order valence-electron chi connectivity index (χ1n) is 6.13. The van der Waals surface area contributed by atoms with E-state index in [1.54, 1.807) is 36.4 Å². The van der Waals surface area contributed by atoms with Crippen LogP contribution in [0.25, 0.3) is 6.08 Å². The number of benzene rings is 2. The molecule has 0 aliphatic carbocycles. The van der Waals surface area contributed by atoms with Gasteiger partial charge < -0.3 is 10.4 Å². The van der Waals surface area contributed by atoms with Crippen molar-refractivity contribution in [3.05, 3.63) is 70.8 Å². The number of aliphatic hydroxyl groups is 1. The molecule has 2 rings (SSSR count). The van der Waals surface area contributed by atoms with Crippen LogP contribution in [0.2, 0.25) is 5.02 Å². The molecule has 0 saturated heterocycles. The van der Waals surface area contributed by atoms with E-state index >= 15 is 0 Å². The van der Waals surface area contributed by atoms with Gasteiger partial charge in [-0.3, -0.25) is 4.79 Å². The summed E-state index contributed by atoms with van der Waals surface area (Å²) >= 11 is 5.79. The normalized spacial score (nSPS) is 10.7. The van der Waals surface area contributed by atoms with Gasteiger partial charge in [-0.25, -0.2) is 0 Å². The Balaban J connectivity index is 2.11. The maximum atomic E-state index is 12.0. The number of hydrogen-bond donors (Lipinski definition) is 2. The van der Waals surface area contributed by atoms with Crippen molar-refractivity contribution in [2.24, 2.45) is 0 Å². The number of rotatable bonds is 4. The fourth-order valence-electron chi connectivity index (χ4n) is 1.71. The lowest BCUT2D eigenvalue weighted by atomic mass is 10.1. The molecule has 0 aliphatic rings. The van der Waals surface area contributed by atoms with Crippen molar-refractivity contribution in [1.82, 2.24) is 0 Å². The first-order valence-corrected chi connectivity index (χ1v) is 6.51. The zero-order valence-electron chi connectivity index (χ0n) is 10.7. The highest BCUT2D eigenvalue weighted by atomic mass is 35.5. The molecule has 0 fully saturated rings. The second-order valence-electron chi connectivity index (χ2n) is 4.17. The Morgan fingerprint density at radius 2 is 1.95 bits per heavy atom. The number of nitrogens with one attached hydrogen (secondary N) is 1. The van der Waals surface area contributed by atoms with Crippen LogP contribution in [-0.4, -0.2) is 17.6 Å². The Labute approximate surface area is 122 Å². The molecule has 102 valence electrons. The van der Waals surface area contributed by atoms with Crippen LogP contribution in [0.1, 0.15) is 15.9 Å². The van der Waals surface area contributed by atoms with Crippen LogP contribution in [0.4, 0.5) is 5.69 Å². The largest absolute Gasteiger partial charge is 0.392 e. The third-order valence-electron chi connectivity index (χ3n) is 2.67. The van der Waals surface area contributed by atoms with Gasteiger partial charge in [0.25, 0.3) is 5.91 Å². The highest BCUT2D eigenvalue weighted by Gasteiger charge is 2.05. The van der Waals surface area contributed by atoms with E-state index in [1.165, 1.54) is 0 Å². The maximum Gasteiger partial charge on any atom is 0.255 e. The summed E-state index contributed by atoms with van der Waals surface area (Å²) in [5.41, 5.74) is 2.16. The smallest absolute Gasteiger partial charge is 0.255 e. The minimum atomic E-state index is -0.190. The summed E-state index contributed by atoms with van der Waals surface area (Å²) in [6.07, 6.45) is 3.43. The summed E-state index contributed by atoms with van der Waals surface area (Å²) in [7, 11) is 0. The maximum absolute atomic E-state index is 12.0. The molecule has 0 radical (unpaired) electrons. The zero-order valence-corrected chi connectivity index (χ0v) is 11.5. The lowest BCUT2D eigenvalue weighted by Crippen LogP contribution is -2.11. The minimum absolute atomic E-state index is 0.0125. The van der Waals surface area contributed by atoms with Crippen molar-refractivity contribution in [2.75, 3.05) is 11.9 Å². The molecule has 0 heterocycles. The van der Waals surface area contributed by atoms with Crippen molar-refractivity contribution in [2.45, 2.75) is 0 Å². The first-order chi connectivity index (χ1) is 9.69. The molecule has 0 aliphatic heterocycles. The van der Waals surface area contributed by atoms with Gasteiger partial charge in [-0.1, -0.05) is 35.9 Å². The fraction of sp³-hybridized carbons (Fsp3) is 0.0625. The Hall–Kier alpha value is -2.10. The van der Waals surface area contributed by atoms with Gasteiger partial charge >= 0.3 is 0 Å². The van der Waals surface area contributed by atoms with Crippen LogP contribution in [0.15, 0.2) is 54.6 Å². The summed E-state index contributed by atoms with van der Waals surface area (Å²) < 4.78 is 0. The van der Waals surface area contributed by atoms with E-state index in [9.17, 15) is 4.79 Å². The van der Waals surface area contributed by atoms with Gasteiger partial charge in [-0.15, -0.1) is 0 Å². The van der Waals surface area contributed by atoms with E-state index in [0.29, 0.717) is 16.3 Å². The molecule has 0 unspecified atom stereocenters. The number of hydrogen-bond acceptors (Lipinski definition) is 2. The average Bonchev–Trinajstić information content (AvgIpc) is 2.46. The molecule has 0 saturated carbocycles. The lowest BCUT2D eigenvalue weighted by Gasteiger charge is -2.06. The van der Waals surface area contributed by atoms with E-state index in [-0.39, 0.29) is 12.5 Å². The predicted molar refractivity (Wildman–Crippen MR) is 82.0 cm³/mol. The summed E-state index contributed by atoms with van der Waals surface area (Å²) in [5, 5.41) is 12.2. The van der Waals surface area contributed by atoms with E-state index < -0.39 is 0 Å². The number of anilines is 1. The molecule has 20 heavy (non-hydrogen) atoms. The van der Waals surface area contributed by atoms with E-state index in [2.05, 4.69) is 5.32 Å². The zero-order chi connectivity index (χ0) is 14.4. The molecule has 1 amide bonds. The average molecular weight is 288 g/mol. The van der Waals surface area contributed by atoms with Gasteiger partial charge in [-0.05, 0) is 42.0 Å². The summed E-state index contributed by atoms with van der Waals surface area (Å²) in [6, 6.07) is 14.1. The third-order valence-corrected chi connectivity index (χ3v) is 2.92. The molecule has 2 N–H and O–H groups in total. The van der Waals surface area contributed by atoms with Crippen LogP contribution in [0.3, 0.4) is 0 Å². The van der Waals surface area contributed by atoms with E-state index in [4.69, 9.17) is 16.7 Å². The quantitative estimate of drug-likeness (QED) is 0.903. The van der Waals surface area contributed by atoms with Crippen molar-refractivity contribution in [3.63, 3.8) is 0 Å². The SMILES string of the molecule is O=C(Nc1cccc(/C=C/CO)c1)c1ccc(Cl)cc1. The van der Waals surface area contributed by atoms with Crippen molar-refractivity contribution in [1.29, 1.82) is 0 Å². The van der Waals surface area contributed by atoms with Gasteiger partial charge in [0.1, 0.15) is 0 Å². The first kappa shape index (κ1) is 14.3. The lowest BCUT2D eigenvalue weighted by molar-refractivity contribution is 0.102. The molecule has 0 spiro atoms. The Morgan fingerprint density at radius 3 is 2.65 bits per heavy atom. The molecular formula is C16H14ClNO2. The second kappa shape index (κ2) is 6.89. The molecule has 2 aromatic carbocycles.